The second kappa shape index (κ2) is 8.89. The topological polar surface area (TPSA) is 93.2 Å². The summed E-state index contributed by atoms with van der Waals surface area (Å²) in [5, 5.41) is 0. The molecular formula is C21H24N2O6. The Morgan fingerprint density at radius 1 is 1.21 bits per heavy atom. The third-order valence-corrected chi connectivity index (χ3v) is 5.25. The first kappa shape index (κ1) is 20.6. The third kappa shape index (κ3) is 4.31. The fourth-order valence-electron chi connectivity index (χ4n) is 4.03. The summed E-state index contributed by atoms with van der Waals surface area (Å²) in [6, 6.07) is 8.37. The van der Waals surface area contributed by atoms with Gasteiger partial charge in [0.15, 0.2) is 6.61 Å². The number of carbonyl (C=O) groups is 4. The summed E-state index contributed by atoms with van der Waals surface area (Å²) in [7, 11) is 0. The van der Waals surface area contributed by atoms with E-state index < -0.39 is 42.6 Å². The van der Waals surface area contributed by atoms with Crippen LogP contribution in [0, 0.1) is 5.92 Å². The Morgan fingerprint density at radius 2 is 1.93 bits per heavy atom. The van der Waals surface area contributed by atoms with Crippen molar-refractivity contribution in [1.82, 2.24) is 9.80 Å². The number of esters is 1. The molecule has 29 heavy (non-hydrogen) atoms. The van der Waals surface area contributed by atoms with Gasteiger partial charge in [-0.25, -0.2) is 4.79 Å². The average Bonchev–Trinajstić information content (AvgIpc) is 3.24. The molecule has 2 aliphatic rings. The van der Waals surface area contributed by atoms with Crippen LogP contribution in [0.15, 0.2) is 43.0 Å². The van der Waals surface area contributed by atoms with Crippen molar-refractivity contribution in [3.05, 3.63) is 48.6 Å². The monoisotopic (exact) mass is 400 g/mol. The van der Waals surface area contributed by atoms with Crippen molar-refractivity contribution in [3.63, 3.8) is 0 Å². The second-order valence-electron chi connectivity index (χ2n) is 7.09. The van der Waals surface area contributed by atoms with Gasteiger partial charge >= 0.3 is 12.1 Å². The summed E-state index contributed by atoms with van der Waals surface area (Å²) in [5.74, 6) is -2.13. The van der Waals surface area contributed by atoms with E-state index in [1.807, 2.05) is 30.3 Å². The van der Waals surface area contributed by atoms with Crippen molar-refractivity contribution in [1.29, 1.82) is 0 Å². The molecule has 0 unspecified atom stereocenters. The molecule has 0 bridgehead atoms. The average molecular weight is 400 g/mol. The Labute approximate surface area is 169 Å². The number of carbonyl (C=O) groups excluding carboxylic acids is 4. The number of benzene rings is 1. The lowest BCUT2D eigenvalue weighted by Gasteiger charge is -2.26. The van der Waals surface area contributed by atoms with E-state index in [0.29, 0.717) is 19.4 Å². The van der Waals surface area contributed by atoms with Gasteiger partial charge < -0.3 is 14.4 Å². The zero-order chi connectivity index (χ0) is 21.0. The lowest BCUT2D eigenvalue weighted by Crippen LogP contribution is -2.44. The lowest BCUT2D eigenvalue weighted by atomic mass is 9.96. The van der Waals surface area contributed by atoms with Crippen LogP contribution in [-0.2, 0) is 30.5 Å². The highest BCUT2D eigenvalue weighted by Crippen LogP contribution is 2.38. The number of amides is 3. The molecule has 8 nitrogen and oxygen atoms in total. The molecule has 0 aromatic heterocycles. The largest absolute Gasteiger partial charge is 0.456 e. The fraction of sp³-hybridized carbons (Fsp3) is 0.429. The molecule has 0 aliphatic carbocycles. The molecular weight excluding hydrogens is 376 g/mol. The summed E-state index contributed by atoms with van der Waals surface area (Å²) in [4.78, 5) is 51.8. The first-order valence-electron chi connectivity index (χ1n) is 9.51. The number of likely N-dealkylation sites (tertiary alicyclic amines) is 2. The predicted molar refractivity (Wildman–Crippen MR) is 102 cm³/mol. The van der Waals surface area contributed by atoms with Gasteiger partial charge in [0.25, 0.3) is 5.91 Å². The molecule has 154 valence electrons. The summed E-state index contributed by atoms with van der Waals surface area (Å²) in [5.41, 5.74) is 0.861. The number of imide groups is 1. The van der Waals surface area contributed by atoms with E-state index in [1.165, 1.54) is 11.8 Å². The van der Waals surface area contributed by atoms with E-state index in [9.17, 15) is 19.2 Å². The molecule has 1 aromatic carbocycles. The van der Waals surface area contributed by atoms with Gasteiger partial charge in [0.2, 0.25) is 5.91 Å². The van der Waals surface area contributed by atoms with Gasteiger partial charge in [-0.2, -0.15) is 0 Å². The van der Waals surface area contributed by atoms with E-state index in [0.717, 1.165) is 10.5 Å². The number of hydrogen-bond acceptors (Lipinski definition) is 6. The normalized spacial score (nSPS) is 22.9. The van der Waals surface area contributed by atoms with Crippen LogP contribution in [-0.4, -0.2) is 58.9 Å². The molecule has 0 spiro atoms. The number of ether oxygens (including phenoxy) is 2. The molecule has 3 amide bonds. The van der Waals surface area contributed by atoms with Crippen LogP contribution in [0.4, 0.5) is 4.79 Å². The van der Waals surface area contributed by atoms with Crippen LogP contribution >= 0.6 is 0 Å². The number of fused-ring (bicyclic) bond motifs is 1. The van der Waals surface area contributed by atoms with Crippen molar-refractivity contribution >= 4 is 23.9 Å². The van der Waals surface area contributed by atoms with Gasteiger partial charge in [-0.1, -0.05) is 36.4 Å². The van der Waals surface area contributed by atoms with Gasteiger partial charge in [0.1, 0.15) is 6.61 Å². The molecule has 2 fully saturated rings. The highest BCUT2D eigenvalue weighted by atomic mass is 16.6. The quantitative estimate of drug-likeness (QED) is 0.535. The van der Waals surface area contributed by atoms with Gasteiger partial charge in [0.05, 0.1) is 18.0 Å². The molecule has 0 saturated carbocycles. The molecule has 2 aliphatic heterocycles. The molecule has 8 heteroatoms. The first-order chi connectivity index (χ1) is 13.9. The Morgan fingerprint density at radius 3 is 2.59 bits per heavy atom. The molecule has 1 aromatic rings. The van der Waals surface area contributed by atoms with Crippen LogP contribution in [0.5, 0.6) is 0 Å². The van der Waals surface area contributed by atoms with Gasteiger partial charge in [-0.15, -0.1) is 6.58 Å². The van der Waals surface area contributed by atoms with Gasteiger partial charge in [-0.05, 0) is 18.4 Å². The van der Waals surface area contributed by atoms with Crippen molar-refractivity contribution in [2.75, 3.05) is 13.2 Å². The zero-order valence-electron chi connectivity index (χ0n) is 16.3. The fourth-order valence-corrected chi connectivity index (χ4v) is 4.03. The van der Waals surface area contributed by atoms with E-state index in [-0.39, 0.29) is 12.5 Å². The molecule has 2 saturated heterocycles. The Bertz CT molecular complexity index is 809. The van der Waals surface area contributed by atoms with Crippen LogP contribution < -0.4 is 0 Å². The summed E-state index contributed by atoms with van der Waals surface area (Å²) >= 11 is 0. The van der Waals surface area contributed by atoms with E-state index in [2.05, 4.69) is 6.58 Å². The van der Waals surface area contributed by atoms with Crippen LogP contribution in [0.3, 0.4) is 0 Å². The number of rotatable bonds is 6. The molecule has 2 heterocycles. The summed E-state index contributed by atoms with van der Waals surface area (Å²) in [6.07, 6.45) is 1.87. The summed E-state index contributed by atoms with van der Waals surface area (Å²) in [6.45, 7) is 4.89. The predicted octanol–water partition coefficient (Wildman–Crippen LogP) is 1.89. The Kier molecular flexibility index (Phi) is 6.31. The maximum absolute atomic E-state index is 12.9. The van der Waals surface area contributed by atoms with Crippen molar-refractivity contribution < 1.29 is 28.7 Å². The maximum Gasteiger partial charge on any atom is 0.410 e. The Hall–Kier alpha value is -3.16. The van der Waals surface area contributed by atoms with Crippen molar-refractivity contribution in [2.45, 2.75) is 38.5 Å². The summed E-state index contributed by atoms with van der Waals surface area (Å²) < 4.78 is 10.2. The highest BCUT2D eigenvalue weighted by Gasteiger charge is 2.56. The second-order valence-corrected chi connectivity index (χ2v) is 7.09. The highest BCUT2D eigenvalue weighted by molar-refractivity contribution is 6.00. The van der Waals surface area contributed by atoms with Crippen molar-refractivity contribution in [3.8, 4) is 0 Å². The minimum absolute atomic E-state index is 0.128. The van der Waals surface area contributed by atoms with E-state index in [4.69, 9.17) is 9.47 Å². The lowest BCUT2D eigenvalue weighted by molar-refractivity contribution is -0.155. The van der Waals surface area contributed by atoms with E-state index >= 15 is 0 Å². The number of hydrogen-bond donors (Lipinski definition) is 0. The molecule has 0 N–H and O–H groups in total. The molecule has 3 rings (SSSR count). The smallest absolute Gasteiger partial charge is 0.410 e. The van der Waals surface area contributed by atoms with Gasteiger partial charge in [0, 0.05) is 13.5 Å². The van der Waals surface area contributed by atoms with Crippen LogP contribution in [0.2, 0.25) is 0 Å². The minimum atomic E-state index is -0.596. The maximum atomic E-state index is 12.9. The minimum Gasteiger partial charge on any atom is -0.456 e. The molecule has 0 radical (unpaired) electrons. The zero-order valence-corrected chi connectivity index (χ0v) is 16.3. The van der Waals surface area contributed by atoms with Crippen LogP contribution in [0.25, 0.3) is 0 Å². The third-order valence-electron chi connectivity index (χ3n) is 5.25. The first-order valence-corrected chi connectivity index (χ1v) is 9.51. The SMILES string of the molecule is C=CC[C@@H]1C(=O)N(C(=O)COC(C)=O)[C@H]2CCN(C(=O)OCc3ccccc3)[C@H]12. The number of nitrogens with zero attached hydrogens (tertiary/aromatic N) is 2. The standard InChI is InChI=1S/C21H24N2O6/c1-3-7-16-19-17(23(20(16)26)18(25)13-28-14(2)24)10-11-22(19)21(27)29-12-15-8-5-4-6-9-15/h3-6,8-9,16-17,19H,1,7,10-13H2,2H3/t16-,17-,19+/m0/s1. The van der Waals surface area contributed by atoms with Crippen LogP contribution in [0.1, 0.15) is 25.3 Å². The number of allylic oxidation sites excluding steroid dienone is 1. The van der Waals surface area contributed by atoms with E-state index in [1.54, 1.807) is 6.08 Å². The van der Waals surface area contributed by atoms with Gasteiger partial charge in [-0.3, -0.25) is 19.3 Å². The van der Waals surface area contributed by atoms with Crippen molar-refractivity contribution in [2.24, 2.45) is 5.92 Å². The molecule has 3 atom stereocenters. The Balaban J connectivity index is 1.73.